The third-order valence-electron chi connectivity index (χ3n) is 4.76. The molecule has 0 radical (unpaired) electrons. The summed E-state index contributed by atoms with van der Waals surface area (Å²) in [6.45, 7) is 5.66. The molecule has 2 aromatic rings. The van der Waals surface area contributed by atoms with Crippen molar-refractivity contribution in [1.29, 1.82) is 0 Å². The van der Waals surface area contributed by atoms with E-state index in [1.165, 1.54) is 0 Å². The Morgan fingerprint density at radius 2 is 1.62 bits per heavy atom. The molecule has 1 saturated heterocycles. The number of hydrogen-bond acceptors (Lipinski definition) is 4. The van der Waals surface area contributed by atoms with E-state index in [0.717, 1.165) is 41.4 Å². The van der Waals surface area contributed by atoms with Gasteiger partial charge in [0.25, 0.3) is 5.91 Å². The number of benzene rings is 2. The van der Waals surface area contributed by atoms with Crippen molar-refractivity contribution in [1.82, 2.24) is 5.32 Å². The van der Waals surface area contributed by atoms with Gasteiger partial charge in [0.05, 0.1) is 0 Å². The summed E-state index contributed by atoms with van der Waals surface area (Å²) in [5, 5.41) is 6.22. The Labute approximate surface area is 154 Å². The highest BCUT2D eigenvalue weighted by Crippen LogP contribution is 2.27. The molecule has 3 rings (SSSR count). The molecule has 1 aliphatic rings. The molecule has 1 aliphatic heterocycles. The molecule has 0 aliphatic carbocycles. The second kappa shape index (κ2) is 7.89. The summed E-state index contributed by atoms with van der Waals surface area (Å²) in [6.07, 6.45) is 1.34. The molecule has 138 valence electrons. The Kier molecular flexibility index (Phi) is 5.59. The fraction of sp³-hybridized carbons (Fsp3) is 0.381. The molecule has 26 heavy (non-hydrogen) atoms. The maximum absolute atomic E-state index is 12.7. The fourth-order valence-corrected chi connectivity index (χ4v) is 3.33. The zero-order chi connectivity index (χ0) is 18.6. The van der Waals surface area contributed by atoms with Crippen molar-refractivity contribution in [3.05, 3.63) is 53.6 Å². The minimum Gasteiger partial charge on any atom is -0.457 e. The Hall–Kier alpha value is -2.37. The Morgan fingerprint density at radius 1 is 1.00 bits per heavy atom. The number of carbonyl (C=O) groups excluding carboxylic acids is 1. The van der Waals surface area contributed by atoms with Gasteiger partial charge in [-0.3, -0.25) is 4.79 Å². The molecule has 1 amide bonds. The van der Waals surface area contributed by atoms with E-state index in [-0.39, 0.29) is 5.91 Å². The van der Waals surface area contributed by atoms with Crippen LogP contribution in [0.1, 0.15) is 24.0 Å². The van der Waals surface area contributed by atoms with Gasteiger partial charge in [-0.05, 0) is 87.3 Å². The third kappa shape index (κ3) is 4.23. The number of aryl methyl sites for hydroxylation is 2. The Bertz CT molecular complexity index is 745. The predicted octanol–water partition coefficient (Wildman–Crippen LogP) is 3.80. The highest BCUT2D eigenvalue weighted by molar-refractivity contribution is 5.97. The van der Waals surface area contributed by atoms with E-state index in [9.17, 15) is 4.79 Å². The number of carbonyl (C=O) groups is 1. The Balaban J connectivity index is 1.66. The van der Waals surface area contributed by atoms with Crippen LogP contribution in [0.5, 0.6) is 11.5 Å². The van der Waals surface area contributed by atoms with E-state index >= 15 is 0 Å². The number of nitrogens with one attached hydrogen (secondary N) is 2. The minimum absolute atomic E-state index is 0.0931. The zero-order valence-corrected chi connectivity index (χ0v) is 15.6. The molecule has 1 fully saturated rings. The molecule has 0 bridgehead atoms. The molecule has 0 spiro atoms. The summed E-state index contributed by atoms with van der Waals surface area (Å²) in [5.74, 6) is 1.45. The largest absolute Gasteiger partial charge is 0.457 e. The second-order valence-corrected chi connectivity index (χ2v) is 6.85. The lowest BCUT2D eigenvalue weighted by Crippen LogP contribution is -2.51. The number of amides is 1. The van der Waals surface area contributed by atoms with Gasteiger partial charge < -0.3 is 20.1 Å². The van der Waals surface area contributed by atoms with Gasteiger partial charge in [-0.2, -0.15) is 0 Å². The zero-order valence-electron chi connectivity index (χ0n) is 15.6. The number of methoxy groups -OCH3 is 1. The van der Waals surface area contributed by atoms with Crippen LogP contribution in [0.2, 0.25) is 0 Å². The van der Waals surface area contributed by atoms with Crippen LogP contribution < -0.4 is 15.4 Å². The number of ether oxygens (including phenoxy) is 2. The number of rotatable bonds is 5. The maximum atomic E-state index is 12.7. The topological polar surface area (TPSA) is 59.6 Å². The normalized spacial score (nSPS) is 16.1. The standard InChI is InChI=1S/C21H26N2O3/c1-15-12-16(2)14-19(13-15)26-18-6-4-17(5-7-18)23-20(24)21(25-3)8-10-22-11-9-21/h4-7,12-14,22H,8-11H2,1-3H3,(H,23,24). The molecule has 1 heterocycles. The average molecular weight is 354 g/mol. The summed E-state index contributed by atoms with van der Waals surface area (Å²) in [6, 6.07) is 13.5. The van der Waals surface area contributed by atoms with Crippen molar-refractivity contribution in [2.24, 2.45) is 0 Å². The molecule has 2 aromatic carbocycles. The monoisotopic (exact) mass is 354 g/mol. The van der Waals surface area contributed by atoms with Gasteiger partial charge in [-0.1, -0.05) is 6.07 Å². The molecule has 5 heteroatoms. The van der Waals surface area contributed by atoms with Gasteiger partial charge >= 0.3 is 0 Å². The molecular weight excluding hydrogens is 328 g/mol. The van der Waals surface area contributed by atoms with Crippen LogP contribution in [-0.4, -0.2) is 31.7 Å². The molecule has 0 aromatic heterocycles. The SMILES string of the molecule is COC1(C(=O)Nc2ccc(Oc3cc(C)cc(C)c3)cc2)CCNCC1. The highest BCUT2D eigenvalue weighted by Gasteiger charge is 2.39. The average Bonchev–Trinajstić information content (AvgIpc) is 2.63. The Morgan fingerprint density at radius 3 is 2.19 bits per heavy atom. The maximum Gasteiger partial charge on any atom is 0.256 e. The molecule has 5 nitrogen and oxygen atoms in total. The van der Waals surface area contributed by atoms with Gasteiger partial charge in [0.1, 0.15) is 17.1 Å². The number of piperidine rings is 1. The van der Waals surface area contributed by atoms with E-state index in [4.69, 9.17) is 9.47 Å². The first-order valence-electron chi connectivity index (χ1n) is 8.94. The smallest absolute Gasteiger partial charge is 0.256 e. The van der Waals surface area contributed by atoms with Gasteiger partial charge in [0.15, 0.2) is 0 Å². The molecule has 0 unspecified atom stereocenters. The fourth-order valence-electron chi connectivity index (χ4n) is 3.33. The summed E-state index contributed by atoms with van der Waals surface area (Å²) in [7, 11) is 1.60. The van der Waals surface area contributed by atoms with Crippen molar-refractivity contribution >= 4 is 11.6 Å². The van der Waals surface area contributed by atoms with Crippen molar-refractivity contribution in [2.75, 3.05) is 25.5 Å². The third-order valence-corrected chi connectivity index (χ3v) is 4.76. The van der Waals surface area contributed by atoms with Crippen molar-refractivity contribution in [2.45, 2.75) is 32.3 Å². The van der Waals surface area contributed by atoms with E-state index < -0.39 is 5.60 Å². The first kappa shape index (κ1) is 18.4. The summed E-state index contributed by atoms with van der Waals surface area (Å²) >= 11 is 0. The predicted molar refractivity (Wildman–Crippen MR) is 103 cm³/mol. The van der Waals surface area contributed by atoms with E-state index in [1.807, 2.05) is 50.2 Å². The van der Waals surface area contributed by atoms with Crippen molar-refractivity contribution < 1.29 is 14.3 Å². The molecular formula is C21H26N2O3. The second-order valence-electron chi connectivity index (χ2n) is 6.85. The lowest BCUT2D eigenvalue weighted by molar-refractivity contribution is -0.140. The van der Waals surface area contributed by atoms with E-state index in [1.54, 1.807) is 7.11 Å². The lowest BCUT2D eigenvalue weighted by atomic mass is 9.91. The molecule has 2 N–H and O–H groups in total. The summed E-state index contributed by atoms with van der Waals surface area (Å²) < 4.78 is 11.5. The van der Waals surface area contributed by atoms with Crippen LogP contribution in [0.25, 0.3) is 0 Å². The van der Waals surface area contributed by atoms with E-state index in [0.29, 0.717) is 12.8 Å². The highest BCUT2D eigenvalue weighted by atomic mass is 16.5. The number of hydrogen-bond donors (Lipinski definition) is 2. The van der Waals surface area contributed by atoms with Crippen LogP contribution in [-0.2, 0) is 9.53 Å². The first-order chi connectivity index (χ1) is 12.5. The van der Waals surface area contributed by atoms with E-state index in [2.05, 4.69) is 16.7 Å². The first-order valence-corrected chi connectivity index (χ1v) is 8.94. The van der Waals surface area contributed by atoms with Gasteiger partial charge in [0, 0.05) is 12.8 Å². The van der Waals surface area contributed by atoms with Crippen molar-refractivity contribution in [3.63, 3.8) is 0 Å². The van der Waals surface area contributed by atoms with Crippen LogP contribution in [0.15, 0.2) is 42.5 Å². The number of anilines is 1. The quantitative estimate of drug-likeness (QED) is 0.857. The lowest BCUT2D eigenvalue weighted by Gasteiger charge is -2.34. The van der Waals surface area contributed by atoms with Crippen LogP contribution in [0.4, 0.5) is 5.69 Å². The van der Waals surface area contributed by atoms with Crippen LogP contribution >= 0.6 is 0 Å². The van der Waals surface area contributed by atoms with Crippen LogP contribution in [0, 0.1) is 13.8 Å². The molecule has 0 atom stereocenters. The molecule has 0 saturated carbocycles. The summed E-state index contributed by atoms with van der Waals surface area (Å²) in [4.78, 5) is 12.7. The summed E-state index contributed by atoms with van der Waals surface area (Å²) in [5.41, 5.74) is 2.31. The van der Waals surface area contributed by atoms with Gasteiger partial charge in [-0.15, -0.1) is 0 Å². The van der Waals surface area contributed by atoms with Gasteiger partial charge in [-0.25, -0.2) is 0 Å². The van der Waals surface area contributed by atoms with Crippen LogP contribution in [0.3, 0.4) is 0 Å². The van der Waals surface area contributed by atoms with Crippen molar-refractivity contribution in [3.8, 4) is 11.5 Å². The minimum atomic E-state index is -0.750. The van der Waals surface area contributed by atoms with Gasteiger partial charge in [0.2, 0.25) is 0 Å².